The zero-order valence-electron chi connectivity index (χ0n) is 8.82. The first-order valence-corrected chi connectivity index (χ1v) is 5.79. The normalized spacial score (nSPS) is 10.8. The molecular formula is C11H9N5S. The number of aromatic nitrogens is 4. The summed E-state index contributed by atoms with van der Waals surface area (Å²) < 4.78 is 1.88. The number of fused-ring (bicyclic) bond motifs is 1. The molecular weight excluding hydrogens is 234 g/mol. The molecule has 0 aliphatic carbocycles. The Bertz CT molecular complexity index is 649. The van der Waals surface area contributed by atoms with Gasteiger partial charge in [-0.1, -0.05) is 18.2 Å². The summed E-state index contributed by atoms with van der Waals surface area (Å²) in [6.45, 7) is 0. The number of hydrogen-bond donors (Lipinski definition) is 1. The highest BCUT2D eigenvalue weighted by Crippen LogP contribution is 2.24. The van der Waals surface area contributed by atoms with Crippen molar-refractivity contribution in [2.24, 2.45) is 0 Å². The highest BCUT2D eigenvalue weighted by atomic mass is 32.2. The van der Waals surface area contributed by atoms with E-state index in [1.165, 1.54) is 6.33 Å². The Morgan fingerprint density at radius 3 is 2.71 bits per heavy atom. The maximum absolute atomic E-state index is 5.73. The molecule has 0 unspecified atom stereocenters. The Hall–Kier alpha value is -2.08. The number of benzene rings is 1. The Morgan fingerprint density at radius 1 is 1.06 bits per heavy atom. The lowest BCUT2D eigenvalue weighted by molar-refractivity contribution is 1.18. The first-order valence-electron chi connectivity index (χ1n) is 5.01. The largest absolute Gasteiger partial charge is 0.382 e. The molecule has 0 bridgehead atoms. The van der Waals surface area contributed by atoms with Crippen molar-refractivity contribution in [1.82, 2.24) is 18.9 Å². The van der Waals surface area contributed by atoms with E-state index in [0.29, 0.717) is 11.3 Å². The molecule has 3 aromatic rings. The van der Waals surface area contributed by atoms with Gasteiger partial charge in [0, 0.05) is 4.90 Å². The average molecular weight is 243 g/mol. The Labute approximate surface area is 102 Å². The van der Waals surface area contributed by atoms with Crippen molar-refractivity contribution in [2.75, 3.05) is 5.73 Å². The molecule has 0 aliphatic heterocycles. The Kier molecular flexibility index (Phi) is 2.41. The molecule has 3 rings (SSSR count). The Morgan fingerprint density at radius 2 is 1.88 bits per heavy atom. The lowest BCUT2D eigenvalue weighted by Gasteiger charge is -2.01. The molecule has 1 aromatic carbocycles. The van der Waals surface area contributed by atoms with Gasteiger partial charge in [-0.25, -0.2) is 15.0 Å². The van der Waals surface area contributed by atoms with E-state index in [-0.39, 0.29) is 0 Å². The molecule has 5 nitrogen and oxygen atoms in total. The second-order valence-corrected chi connectivity index (χ2v) is 4.45. The van der Waals surface area contributed by atoms with Crippen LogP contribution >= 0.6 is 11.9 Å². The van der Waals surface area contributed by atoms with Crippen molar-refractivity contribution in [3.8, 4) is 0 Å². The smallest absolute Gasteiger partial charge is 0.175 e. The molecule has 0 spiro atoms. The molecule has 0 radical (unpaired) electrons. The number of nitrogens with zero attached hydrogens (tertiary/aromatic N) is 4. The van der Waals surface area contributed by atoms with E-state index in [1.807, 2.05) is 34.3 Å². The third-order valence-electron chi connectivity index (χ3n) is 2.28. The molecule has 2 N–H and O–H groups in total. The molecule has 2 aromatic heterocycles. The molecule has 6 heteroatoms. The van der Waals surface area contributed by atoms with Gasteiger partial charge in [0.15, 0.2) is 17.0 Å². The summed E-state index contributed by atoms with van der Waals surface area (Å²) >= 11 is 1.54. The highest BCUT2D eigenvalue weighted by molar-refractivity contribution is 7.98. The highest BCUT2D eigenvalue weighted by Gasteiger charge is 2.08. The van der Waals surface area contributed by atoms with Gasteiger partial charge >= 0.3 is 0 Å². The maximum atomic E-state index is 5.73. The summed E-state index contributed by atoms with van der Waals surface area (Å²) in [5, 5.41) is 0. The topological polar surface area (TPSA) is 69.6 Å². The molecule has 0 fully saturated rings. The van der Waals surface area contributed by atoms with Crippen LogP contribution in [0.15, 0.2) is 47.9 Å². The summed E-state index contributed by atoms with van der Waals surface area (Å²) in [7, 11) is 0. The molecule has 17 heavy (non-hydrogen) atoms. The van der Waals surface area contributed by atoms with Crippen LogP contribution in [0.5, 0.6) is 0 Å². The summed E-state index contributed by atoms with van der Waals surface area (Å²) in [6, 6.07) is 10.0. The van der Waals surface area contributed by atoms with Crippen LogP contribution < -0.4 is 5.73 Å². The summed E-state index contributed by atoms with van der Waals surface area (Å²) in [4.78, 5) is 13.4. The van der Waals surface area contributed by atoms with Crippen LogP contribution in [0.3, 0.4) is 0 Å². The van der Waals surface area contributed by atoms with E-state index >= 15 is 0 Å². The van der Waals surface area contributed by atoms with Gasteiger partial charge in [0.1, 0.15) is 12.7 Å². The number of nitrogens with two attached hydrogens (primary N) is 1. The Balaban J connectivity index is 2.05. The minimum atomic E-state index is 0.405. The molecule has 0 atom stereocenters. The molecule has 0 aliphatic rings. The van der Waals surface area contributed by atoms with Crippen LogP contribution in [-0.4, -0.2) is 18.9 Å². The van der Waals surface area contributed by atoms with Gasteiger partial charge < -0.3 is 5.73 Å². The maximum Gasteiger partial charge on any atom is 0.175 e. The third-order valence-corrected chi connectivity index (χ3v) is 3.23. The van der Waals surface area contributed by atoms with Gasteiger partial charge in [0.25, 0.3) is 0 Å². The fourth-order valence-corrected chi connectivity index (χ4v) is 2.31. The van der Waals surface area contributed by atoms with Gasteiger partial charge in [-0.2, -0.15) is 0 Å². The predicted octanol–water partition coefficient (Wildman–Crippen LogP) is 1.96. The first kappa shape index (κ1) is 10.1. The number of hydrogen-bond acceptors (Lipinski definition) is 5. The standard InChI is InChI=1S/C11H9N5S/c12-10-9-11(14-6-13-10)16(7-15-9)17-8-4-2-1-3-5-8/h1-7H,(H2,12,13,14). The van der Waals surface area contributed by atoms with Crippen molar-refractivity contribution < 1.29 is 0 Å². The van der Waals surface area contributed by atoms with Gasteiger partial charge in [-0.05, 0) is 24.1 Å². The average Bonchev–Trinajstić information content (AvgIpc) is 2.76. The predicted molar refractivity (Wildman–Crippen MR) is 67.4 cm³/mol. The quantitative estimate of drug-likeness (QED) is 0.745. The van der Waals surface area contributed by atoms with Crippen LogP contribution in [-0.2, 0) is 0 Å². The SMILES string of the molecule is Nc1ncnc2c1ncn2Sc1ccccc1. The van der Waals surface area contributed by atoms with Crippen molar-refractivity contribution in [3.05, 3.63) is 43.0 Å². The molecule has 0 saturated heterocycles. The van der Waals surface area contributed by atoms with Crippen LogP contribution in [0.2, 0.25) is 0 Å². The number of anilines is 1. The van der Waals surface area contributed by atoms with E-state index in [1.54, 1.807) is 18.3 Å². The van der Waals surface area contributed by atoms with Gasteiger partial charge in [-0.15, -0.1) is 0 Å². The van der Waals surface area contributed by atoms with E-state index in [0.717, 1.165) is 10.5 Å². The number of imidazole rings is 1. The zero-order chi connectivity index (χ0) is 11.7. The van der Waals surface area contributed by atoms with E-state index in [4.69, 9.17) is 5.73 Å². The number of nitrogen functional groups attached to an aromatic ring is 1. The van der Waals surface area contributed by atoms with E-state index < -0.39 is 0 Å². The van der Waals surface area contributed by atoms with Crippen molar-refractivity contribution in [2.45, 2.75) is 4.90 Å². The van der Waals surface area contributed by atoms with Gasteiger partial charge in [-0.3, -0.25) is 3.97 Å². The van der Waals surface area contributed by atoms with Gasteiger partial charge in [0.2, 0.25) is 0 Å². The van der Waals surface area contributed by atoms with E-state index in [2.05, 4.69) is 15.0 Å². The fourth-order valence-electron chi connectivity index (χ4n) is 1.49. The first-order chi connectivity index (χ1) is 8.34. The van der Waals surface area contributed by atoms with Crippen molar-refractivity contribution in [3.63, 3.8) is 0 Å². The summed E-state index contributed by atoms with van der Waals surface area (Å²) in [5.41, 5.74) is 7.09. The number of rotatable bonds is 2. The molecule has 84 valence electrons. The van der Waals surface area contributed by atoms with Gasteiger partial charge in [0.05, 0.1) is 0 Å². The van der Waals surface area contributed by atoms with Crippen LogP contribution in [0.25, 0.3) is 11.2 Å². The molecule has 0 saturated carbocycles. The lowest BCUT2D eigenvalue weighted by atomic mass is 10.4. The second-order valence-electron chi connectivity index (χ2n) is 3.41. The third kappa shape index (κ3) is 1.83. The van der Waals surface area contributed by atoms with Crippen molar-refractivity contribution in [1.29, 1.82) is 0 Å². The fraction of sp³-hybridized carbons (Fsp3) is 0. The van der Waals surface area contributed by atoms with E-state index in [9.17, 15) is 0 Å². The minimum absolute atomic E-state index is 0.405. The van der Waals surface area contributed by atoms with Crippen LogP contribution in [0.4, 0.5) is 5.82 Å². The summed E-state index contributed by atoms with van der Waals surface area (Å²) in [5.74, 6) is 0.405. The lowest BCUT2D eigenvalue weighted by Crippen LogP contribution is -1.94. The molecule has 0 amide bonds. The summed E-state index contributed by atoms with van der Waals surface area (Å²) in [6.07, 6.45) is 3.15. The second kappa shape index (κ2) is 4.06. The van der Waals surface area contributed by atoms with Crippen LogP contribution in [0, 0.1) is 0 Å². The monoisotopic (exact) mass is 243 g/mol. The zero-order valence-corrected chi connectivity index (χ0v) is 9.63. The minimum Gasteiger partial charge on any atom is -0.382 e. The van der Waals surface area contributed by atoms with Crippen LogP contribution in [0.1, 0.15) is 0 Å². The van der Waals surface area contributed by atoms with Crippen molar-refractivity contribution >= 4 is 28.9 Å². The molecule has 2 heterocycles.